The van der Waals surface area contributed by atoms with Crippen LogP contribution in [-0.2, 0) is 0 Å². The molecule has 0 radical (unpaired) electrons. The highest BCUT2D eigenvalue weighted by atomic mass is 19.1. The van der Waals surface area contributed by atoms with E-state index in [2.05, 4.69) is 6.58 Å². The molecule has 0 atom stereocenters. The van der Waals surface area contributed by atoms with Crippen molar-refractivity contribution in [3.63, 3.8) is 0 Å². The van der Waals surface area contributed by atoms with Crippen LogP contribution in [0.4, 0.5) is 8.78 Å². The standard InChI is InChI=1S/C6H10F2/c1-3-6(2,4-7)5-8/h3H,1,4-5H2,2H3. The van der Waals surface area contributed by atoms with Gasteiger partial charge in [0.2, 0.25) is 0 Å². The molecule has 0 aliphatic heterocycles. The summed E-state index contributed by atoms with van der Waals surface area (Å²) in [6.07, 6.45) is 1.30. The molecule has 0 aromatic carbocycles. The lowest BCUT2D eigenvalue weighted by Crippen LogP contribution is -2.17. The van der Waals surface area contributed by atoms with Gasteiger partial charge in [0, 0.05) is 5.41 Å². The third-order valence-corrected chi connectivity index (χ3v) is 1.10. The van der Waals surface area contributed by atoms with Gasteiger partial charge in [-0.25, -0.2) is 0 Å². The molecule has 0 nitrogen and oxygen atoms in total. The minimum Gasteiger partial charge on any atom is -0.250 e. The van der Waals surface area contributed by atoms with Crippen LogP contribution < -0.4 is 0 Å². The average molecular weight is 120 g/mol. The van der Waals surface area contributed by atoms with Gasteiger partial charge in [0.25, 0.3) is 0 Å². The molecule has 0 aliphatic rings. The Hall–Kier alpha value is -0.400. The van der Waals surface area contributed by atoms with E-state index < -0.39 is 18.8 Å². The fourth-order valence-corrected chi connectivity index (χ4v) is 0.145. The summed E-state index contributed by atoms with van der Waals surface area (Å²) in [5.41, 5.74) is -0.944. The number of allylic oxidation sites excluding steroid dienone is 1. The van der Waals surface area contributed by atoms with E-state index in [1.54, 1.807) is 0 Å². The van der Waals surface area contributed by atoms with E-state index >= 15 is 0 Å². The summed E-state index contributed by atoms with van der Waals surface area (Å²) in [4.78, 5) is 0. The predicted octanol–water partition coefficient (Wildman–Crippen LogP) is 2.12. The van der Waals surface area contributed by atoms with Crippen molar-refractivity contribution in [3.05, 3.63) is 12.7 Å². The molecule has 48 valence electrons. The minimum atomic E-state index is -0.944. The molecule has 0 spiro atoms. The average Bonchev–Trinajstić information content (AvgIpc) is 1.87. The van der Waals surface area contributed by atoms with Crippen LogP contribution in [0.5, 0.6) is 0 Å². The van der Waals surface area contributed by atoms with Crippen molar-refractivity contribution in [2.45, 2.75) is 6.92 Å². The molecule has 0 bridgehead atoms. The van der Waals surface area contributed by atoms with E-state index in [0.717, 1.165) is 0 Å². The first-order chi connectivity index (χ1) is 3.68. The Balaban J connectivity index is 3.76. The Labute approximate surface area is 48.2 Å². The highest BCUT2D eigenvalue weighted by Crippen LogP contribution is 2.17. The molecule has 2 heteroatoms. The predicted molar refractivity (Wildman–Crippen MR) is 30.3 cm³/mol. The maximum Gasteiger partial charge on any atom is 0.101 e. The highest BCUT2D eigenvalue weighted by molar-refractivity contribution is 4.90. The summed E-state index contributed by atoms with van der Waals surface area (Å²) in [6, 6.07) is 0. The molecule has 0 aromatic heterocycles. The number of hydrogen-bond donors (Lipinski definition) is 0. The van der Waals surface area contributed by atoms with Gasteiger partial charge in [0.05, 0.1) is 0 Å². The molecular weight excluding hydrogens is 110 g/mol. The molecule has 0 saturated heterocycles. The quantitative estimate of drug-likeness (QED) is 0.500. The van der Waals surface area contributed by atoms with Gasteiger partial charge in [-0.05, 0) is 0 Å². The zero-order valence-corrected chi connectivity index (χ0v) is 4.95. The summed E-state index contributed by atoms with van der Waals surface area (Å²) >= 11 is 0. The van der Waals surface area contributed by atoms with E-state index in [1.165, 1.54) is 13.0 Å². The van der Waals surface area contributed by atoms with Crippen molar-refractivity contribution < 1.29 is 8.78 Å². The van der Waals surface area contributed by atoms with E-state index in [1.807, 2.05) is 0 Å². The molecule has 0 rings (SSSR count). The van der Waals surface area contributed by atoms with Crippen molar-refractivity contribution >= 4 is 0 Å². The zero-order chi connectivity index (χ0) is 6.62. The Bertz CT molecular complexity index is 74.6. The van der Waals surface area contributed by atoms with Gasteiger partial charge >= 0.3 is 0 Å². The third-order valence-electron chi connectivity index (χ3n) is 1.10. The minimum absolute atomic E-state index is 0.674. The SMILES string of the molecule is C=CC(C)(CF)CF. The lowest BCUT2D eigenvalue weighted by molar-refractivity contribution is 0.231. The summed E-state index contributed by atoms with van der Waals surface area (Å²) in [5, 5.41) is 0. The van der Waals surface area contributed by atoms with Crippen molar-refractivity contribution in [2.24, 2.45) is 5.41 Å². The lowest BCUT2D eigenvalue weighted by Gasteiger charge is -2.15. The number of alkyl halides is 2. The Morgan fingerprint density at radius 3 is 1.88 bits per heavy atom. The number of rotatable bonds is 3. The highest BCUT2D eigenvalue weighted by Gasteiger charge is 2.18. The molecule has 0 N–H and O–H groups in total. The Kier molecular flexibility index (Phi) is 2.66. The van der Waals surface area contributed by atoms with Gasteiger partial charge in [0.15, 0.2) is 0 Å². The van der Waals surface area contributed by atoms with Crippen LogP contribution in [0, 0.1) is 5.41 Å². The van der Waals surface area contributed by atoms with Crippen molar-refractivity contribution in [2.75, 3.05) is 13.3 Å². The van der Waals surface area contributed by atoms with E-state index in [9.17, 15) is 8.78 Å². The van der Waals surface area contributed by atoms with Gasteiger partial charge in [-0.1, -0.05) is 13.0 Å². The Morgan fingerprint density at radius 1 is 1.50 bits per heavy atom. The molecule has 0 saturated carbocycles. The summed E-state index contributed by atoms with van der Waals surface area (Å²) in [5.74, 6) is 0. The maximum absolute atomic E-state index is 11.7. The fourth-order valence-electron chi connectivity index (χ4n) is 0.145. The van der Waals surface area contributed by atoms with Gasteiger partial charge in [-0.15, -0.1) is 6.58 Å². The monoisotopic (exact) mass is 120 g/mol. The lowest BCUT2D eigenvalue weighted by atomic mass is 9.95. The molecule has 0 fully saturated rings. The van der Waals surface area contributed by atoms with E-state index in [0.29, 0.717) is 0 Å². The topological polar surface area (TPSA) is 0 Å². The van der Waals surface area contributed by atoms with E-state index in [4.69, 9.17) is 0 Å². The summed E-state index contributed by atoms with van der Waals surface area (Å²) in [6.45, 7) is 3.43. The molecule has 8 heavy (non-hydrogen) atoms. The zero-order valence-electron chi connectivity index (χ0n) is 4.95. The van der Waals surface area contributed by atoms with Crippen LogP contribution in [0.25, 0.3) is 0 Å². The van der Waals surface area contributed by atoms with Crippen LogP contribution in [-0.4, -0.2) is 13.3 Å². The van der Waals surface area contributed by atoms with E-state index in [-0.39, 0.29) is 0 Å². The second-order valence-corrected chi connectivity index (χ2v) is 2.13. The fraction of sp³-hybridized carbons (Fsp3) is 0.667. The van der Waals surface area contributed by atoms with Crippen LogP contribution in [0.3, 0.4) is 0 Å². The molecule has 0 unspecified atom stereocenters. The molecule has 0 amide bonds. The first kappa shape index (κ1) is 7.60. The first-order valence-electron chi connectivity index (χ1n) is 2.44. The second-order valence-electron chi connectivity index (χ2n) is 2.13. The maximum atomic E-state index is 11.7. The largest absolute Gasteiger partial charge is 0.250 e. The van der Waals surface area contributed by atoms with Crippen molar-refractivity contribution in [1.29, 1.82) is 0 Å². The van der Waals surface area contributed by atoms with Gasteiger partial charge in [-0.2, -0.15) is 0 Å². The number of hydrogen-bond acceptors (Lipinski definition) is 0. The summed E-state index contributed by atoms with van der Waals surface area (Å²) in [7, 11) is 0. The molecular formula is C6H10F2. The van der Waals surface area contributed by atoms with Gasteiger partial charge in [0.1, 0.15) is 13.3 Å². The van der Waals surface area contributed by atoms with Crippen molar-refractivity contribution in [1.82, 2.24) is 0 Å². The van der Waals surface area contributed by atoms with Crippen LogP contribution in [0.2, 0.25) is 0 Å². The Morgan fingerprint density at radius 2 is 1.88 bits per heavy atom. The third kappa shape index (κ3) is 1.60. The van der Waals surface area contributed by atoms with Gasteiger partial charge < -0.3 is 0 Å². The smallest absolute Gasteiger partial charge is 0.101 e. The van der Waals surface area contributed by atoms with Crippen LogP contribution in [0.15, 0.2) is 12.7 Å². The molecule has 0 aliphatic carbocycles. The molecule has 0 heterocycles. The van der Waals surface area contributed by atoms with Crippen molar-refractivity contribution in [3.8, 4) is 0 Å². The number of halogens is 2. The second kappa shape index (κ2) is 2.80. The van der Waals surface area contributed by atoms with Crippen LogP contribution in [0.1, 0.15) is 6.92 Å². The van der Waals surface area contributed by atoms with Gasteiger partial charge in [-0.3, -0.25) is 8.78 Å². The molecule has 0 aromatic rings. The normalized spacial score (nSPS) is 11.4. The first-order valence-corrected chi connectivity index (χ1v) is 2.44. The summed E-state index contributed by atoms with van der Waals surface area (Å²) < 4.78 is 23.5. The van der Waals surface area contributed by atoms with Crippen LogP contribution >= 0.6 is 0 Å².